The van der Waals surface area contributed by atoms with Gasteiger partial charge in [0.1, 0.15) is 19.0 Å². The lowest BCUT2D eigenvalue weighted by molar-refractivity contribution is 0.169. The number of ether oxygens (including phenoxy) is 2. The van der Waals surface area contributed by atoms with Crippen LogP contribution in [0.15, 0.2) is 42.6 Å². The molecule has 4 rings (SSSR count). The minimum Gasteiger partial charge on any atom is -0.486 e. The molecule has 2 heterocycles. The largest absolute Gasteiger partial charge is 0.486 e. The Labute approximate surface area is 139 Å². The first-order valence-corrected chi connectivity index (χ1v) is 8.15. The summed E-state index contributed by atoms with van der Waals surface area (Å²) in [6.07, 6.45) is 2.82. The lowest BCUT2D eigenvalue weighted by Gasteiger charge is -2.21. The van der Waals surface area contributed by atoms with Crippen LogP contribution in [0, 0.1) is 5.82 Å². The van der Waals surface area contributed by atoms with Gasteiger partial charge in [-0.1, -0.05) is 12.1 Å². The van der Waals surface area contributed by atoms with Gasteiger partial charge in [0.15, 0.2) is 11.5 Å². The van der Waals surface area contributed by atoms with Crippen LogP contribution in [0.4, 0.5) is 4.39 Å². The molecule has 2 aromatic carbocycles. The van der Waals surface area contributed by atoms with Gasteiger partial charge in [0, 0.05) is 29.2 Å². The summed E-state index contributed by atoms with van der Waals surface area (Å²) in [6, 6.07) is 10.8. The van der Waals surface area contributed by atoms with E-state index in [2.05, 4.69) is 16.4 Å². The SMILES string of the molecule is Fc1ccc2c(CCNCc3cccc4c3OCCO4)c[nH]c2c1. The second kappa shape index (κ2) is 6.53. The number of benzene rings is 2. The number of fused-ring (bicyclic) bond motifs is 2. The molecule has 24 heavy (non-hydrogen) atoms. The third kappa shape index (κ3) is 2.95. The Kier molecular flexibility index (Phi) is 4.09. The van der Waals surface area contributed by atoms with E-state index in [0.29, 0.717) is 13.2 Å². The molecule has 0 spiro atoms. The molecule has 0 amide bonds. The Morgan fingerprint density at radius 2 is 2.00 bits per heavy atom. The molecule has 1 aromatic heterocycles. The lowest BCUT2D eigenvalue weighted by atomic mass is 10.1. The smallest absolute Gasteiger partial charge is 0.165 e. The van der Waals surface area contributed by atoms with Gasteiger partial charge < -0.3 is 19.8 Å². The second-order valence-electron chi connectivity index (χ2n) is 5.87. The van der Waals surface area contributed by atoms with Crippen LogP contribution in [0.5, 0.6) is 11.5 Å². The van der Waals surface area contributed by atoms with Crippen LogP contribution in [0.1, 0.15) is 11.1 Å². The first kappa shape index (κ1) is 15.0. The van der Waals surface area contributed by atoms with Crippen LogP contribution in [-0.4, -0.2) is 24.7 Å². The normalized spacial score (nSPS) is 13.4. The Bertz CT molecular complexity index is 860. The third-order valence-corrected chi connectivity index (χ3v) is 4.26. The number of para-hydroxylation sites is 1. The number of hydrogen-bond acceptors (Lipinski definition) is 3. The molecule has 5 heteroatoms. The zero-order valence-electron chi connectivity index (χ0n) is 13.3. The maximum absolute atomic E-state index is 13.2. The summed E-state index contributed by atoms with van der Waals surface area (Å²) in [5.41, 5.74) is 3.13. The fourth-order valence-corrected chi connectivity index (χ4v) is 3.08. The number of nitrogens with one attached hydrogen (secondary N) is 2. The molecule has 124 valence electrons. The van der Waals surface area contributed by atoms with E-state index >= 15 is 0 Å². The molecule has 1 aliphatic rings. The predicted octanol–water partition coefficient (Wildman–Crippen LogP) is 3.41. The minimum absolute atomic E-state index is 0.218. The number of H-pyrrole nitrogens is 1. The van der Waals surface area contributed by atoms with E-state index in [1.165, 1.54) is 17.7 Å². The standard InChI is InChI=1S/C19H19FN2O2/c20-15-4-5-16-13(12-22-17(16)10-15)6-7-21-11-14-2-1-3-18-19(14)24-9-8-23-18/h1-5,10,12,21-22H,6-9,11H2. The average molecular weight is 326 g/mol. The molecule has 0 fully saturated rings. The summed E-state index contributed by atoms with van der Waals surface area (Å²) in [6.45, 7) is 2.75. The molecule has 1 aliphatic heterocycles. The van der Waals surface area contributed by atoms with Crippen molar-refractivity contribution in [2.75, 3.05) is 19.8 Å². The van der Waals surface area contributed by atoms with Crippen molar-refractivity contribution in [3.8, 4) is 11.5 Å². The highest BCUT2D eigenvalue weighted by atomic mass is 19.1. The van der Waals surface area contributed by atoms with E-state index in [9.17, 15) is 4.39 Å². The Morgan fingerprint density at radius 1 is 1.08 bits per heavy atom. The summed E-state index contributed by atoms with van der Waals surface area (Å²) in [5.74, 6) is 1.45. The van der Waals surface area contributed by atoms with Crippen molar-refractivity contribution in [2.24, 2.45) is 0 Å². The van der Waals surface area contributed by atoms with Crippen molar-refractivity contribution in [3.63, 3.8) is 0 Å². The molecule has 0 saturated carbocycles. The van der Waals surface area contributed by atoms with Crippen LogP contribution in [0.2, 0.25) is 0 Å². The van der Waals surface area contributed by atoms with Gasteiger partial charge >= 0.3 is 0 Å². The molecule has 2 N–H and O–H groups in total. The molecule has 0 radical (unpaired) electrons. The van der Waals surface area contributed by atoms with Gasteiger partial charge in [-0.15, -0.1) is 0 Å². The number of hydrogen-bond donors (Lipinski definition) is 2. The molecule has 0 aliphatic carbocycles. The summed E-state index contributed by atoms with van der Waals surface area (Å²) >= 11 is 0. The number of aromatic nitrogens is 1. The average Bonchev–Trinajstić information content (AvgIpc) is 3.01. The first-order valence-electron chi connectivity index (χ1n) is 8.15. The van der Waals surface area contributed by atoms with Crippen molar-refractivity contribution in [3.05, 3.63) is 59.5 Å². The van der Waals surface area contributed by atoms with Gasteiger partial charge in [0.2, 0.25) is 0 Å². The predicted molar refractivity (Wildman–Crippen MR) is 91.1 cm³/mol. The van der Waals surface area contributed by atoms with Crippen LogP contribution in [0.25, 0.3) is 10.9 Å². The van der Waals surface area contributed by atoms with Crippen molar-refractivity contribution >= 4 is 10.9 Å². The monoisotopic (exact) mass is 326 g/mol. The van der Waals surface area contributed by atoms with Gasteiger partial charge in [-0.3, -0.25) is 0 Å². The summed E-state index contributed by atoms with van der Waals surface area (Å²) in [5, 5.41) is 4.52. The highest BCUT2D eigenvalue weighted by molar-refractivity contribution is 5.83. The Morgan fingerprint density at radius 3 is 2.96 bits per heavy atom. The van der Waals surface area contributed by atoms with E-state index < -0.39 is 0 Å². The third-order valence-electron chi connectivity index (χ3n) is 4.26. The van der Waals surface area contributed by atoms with Gasteiger partial charge in [0.25, 0.3) is 0 Å². The summed E-state index contributed by atoms with van der Waals surface area (Å²) < 4.78 is 24.5. The second-order valence-corrected chi connectivity index (χ2v) is 5.87. The minimum atomic E-state index is -0.218. The number of halogens is 1. The zero-order chi connectivity index (χ0) is 16.4. The molecule has 3 aromatic rings. The Hall–Kier alpha value is -2.53. The molecule has 0 atom stereocenters. The highest BCUT2D eigenvalue weighted by Crippen LogP contribution is 2.33. The van der Waals surface area contributed by atoms with Gasteiger partial charge in [-0.2, -0.15) is 0 Å². The van der Waals surface area contributed by atoms with Gasteiger partial charge in [-0.25, -0.2) is 4.39 Å². The quantitative estimate of drug-likeness (QED) is 0.706. The lowest BCUT2D eigenvalue weighted by Crippen LogP contribution is -2.20. The van der Waals surface area contributed by atoms with Crippen molar-refractivity contribution < 1.29 is 13.9 Å². The Balaban J connectivity index is 1.38. The van der Waals surface area contributed by atoms with Crippen LogP contribution in [0.3, 0.4) is 0 Å². The fourth-order valence-electron chi connectivity index (χ4n) is 3.08. The topological polar surface area (TPSA) is 46.3 Å². The molecule has 0 unspecified atom stereocenters. The van der Waals surface area contributed by atoms with E-state index in [4.69, 9.17) is 9.47 Å². The van der Waals surface area contributed by atoms with Crippen molar-refractivity contribution in [2.45, 2.75) is 13.0 Å². The van der Waals surface area contributed by atoms with Crippen LogP contribution in [-0.2, 0) is 13.0 Å². The molecule has 0 bridgehead atoms. The molecular formula is C19H19FN2O2. The molecular weight excluding hydrogens is 307 g/mol. The van der Waals surface area contributed by atoms with Crippen LogP contribution >= 0.6 is 0 Å². The first-order chi connectivity index (χ1) is 11.8. The zero-order valence-corrected chi connectivity index (χ0v) is 13.3. The summed E-state index contributed by atoms with van der Waals surface area (Å²) in [4.78, 5) is 3.12. The maximum atomic E-state index is 13.2. The van der Waals surface area contributed by atoms with E-state index in [-0.39, 0.29) is 5.82 Å². The van der Waals surface area contributed by atoms with Crippen molar-refractivity contribution in [1.29, 1.82) is 0 Å². The van der Waals surface area contributed by atoms with E-state index in [0.717, 1.165) is 47.5 Å². The number of aromatic amines is 1. The molecule has 0 saturated heterocycles. The summed E-state index contributed by atoms with van der Waals surface area (Å²) in [7, 11) is 0. The number of rotatable bonds is 5. The van der Waals surface area contributed by atoms with E-state index in [1.807, 2.05) is 24.4 Å². The van der Waals surface area contributed by atoms with Crippen molar-refractivity contribution in [1.82, 2.24) is 10.3 Å². The fraction of sp³-hybridized carbons (Fsp3) is 0.263. The maximum Gasteiger partial charge on any atom is 0.165 e. The van der Waals surface area contributed by atoms with Crippen LogP contribution < -0.4 is 14.8 Å². The van der Waals surface area contributed by atoms with Gasteiger partial charge in [-0.05, 0) is 42.8 Å². The van der Waals surface area contributed by atoms with Gasteiger partial charge in [0.05, 0.1) is 0 Å². The highest BCUT2D eigenvalue weighted by Gasteiger charge is 2.15. The molecule has 4 nitrogen and oxygen atoms in total. The van der Waals surface area contributed by atoms with E-state index in [1.54, 1.807) is 0 Å².